The van der Waals surface area contributed by atoms with Crippen LogP contribution in [-0.2, 0) is 0 Å². The first-order chi connectivity index (χ1) is 6.19. The third kappa shape index (κ3) is 2.20. The Morgan fingerprint density at radius 1 is 1.23 bits per heavy atom. The van der Waals surface area contributed by atoms with Crippen molar-refractivity contribution in [1.82, 2.24) is 0 Å². The van der Waals surface area contributed by atoms with Crippen LogP contribution in [0, 0.1) is 11.8 Å². The molecular formula is C9H16N2O2. The predicted octanol–water partition coefficient (Wildman–Crippen LogP) is 2.10. The van der Waals surface area contributed by atoms with Crippen LogP contribution in [0.3, 0.4) is 0 Å². The van der Waals surface area contributed by atoms with Gasteiger partial charge in [0.25, 0.3) is 0 Å². The smallest absolute Gasteiger partial charge is 0.105 e. The molecule has 1 rings (SSSR count). The van der Waals surface area contributed by atoms with Crippen molar-refractivity contribution in [2.45, 2.75) is 33.1 Å². The molecule has 1 atom stereocenters. The van der Waals surface area contributed by atoms with Crippen molar-refractivity contribution in [3.05, 3.63) is 0 Å². The molecule has 0 aromatic carbocycles. The lowest BCUT2D eigenvalue weighted by Gasteiger charge is -2.25. The fourth-order valence-corrected chi connectivity index (χ4v) is 1.71. The number of hydrogen-bond donors (Lipinski definition) is 2. The van der Waals surface area contributed by atoms with E-state index < -0.39 is 0 Å². The van der Waals surface area contributed by atoms with E-state index in [-0.39, 0.29) is 0 Å². The first-order valence-electron chi connectivity index (χ1n) is 4.61. The Balaban J connectivity index is 2.69. The zero-order chi connectivity index (χ0) is 9.84. The molecule has 13 heavy (non-hydrogen) atoms. The quantitative estimate of drug-likeness (QED) is 0.484. The van der Waals surface area contributed by atoms with Crippen LogP contribution in [0.4, 0.5) is 0 Å². The molecule has 0 spiro atoms. The Kier molecular flexibility index (Phi) is 3.28. The highest BCUT2D eigenvalue weighted by atomic mass is 16.4. The van der Waals surface area contributed by atoms with E-state index in [1.54, 1.807) is 0 Å². The molecule has 0 bridgehead atoms. The minimum atomic E-state index is 0.527. The second-order valence-electron chi connectivity index (χ2n) is 3.84. The summed E-state index contributed by atoms with van der Waals surface area (Å²) in [6.07, 6.45) is 2.43. The van der Waals surface area contributed by atoms with Crippen molar-refractivity contribution < 1.29 is 10.4 Å². The predicted molar refractivity (Wildman–Crippen MR) is 50.6 cm³/mol. The van der Waals surface area contributed by atoms with Crippen LogP contribution in [0.2, 0.25) is 0 Å². The molecule has 4 nitrogen and oxygen atoms in total. The average Bonchev–Trinajstić information content (AvgIpc) is 2.16. The van der Waals surface area contributed by atoms with E-state index in [0.717, 1.165) is 6.42 Å². The van der Waals surface area contributed by atoms with Gasteiger partial charge in [-0.05, 0) is 31.1 Å². The van der Waals surface area contributed by atoms with Crippen LogP contribution in [0.5, 0.6) is 0 Å². The standard InChI is InChI=1S/C9H16N2O2/c1-6(2)7-3-4-8(10-12)9(5-7)11-13/h6-7,12-13H,3-5H2,1-2H3. The molecule has 0 aromatic heterocycles. The molecule has 1 saturated carbocycles. The first-order valence-corrected chi connectivity index (χ1v) is 4.61. The summed E-state index contributed by atoms with van der Waals surface area (Å²) >= 11 is 0. The van der Waals surface area contributed by atoms with Gasteiger partial charge < -0.3 is 10.4 Å². The number of hydrogen-bond acceptors (Lipinski definition) is 4. The van der Waals surface area contributed by atoms with Crippen molar-refractivity contribution in [2.75, 3.05) is 0 Å². The Morgan fingerprint density at radius 2 is 1.85 bits per heavy atom. The van der Waals surface area contributed by atoms with Crippen molar-refractivity contribution in [1.29, 1.82) is 0 Å². The second kappa shape index (κ2) is 4.25. The van der Waals surface area contributed by atoms with Gasteiger partial charge in [-0.3, -0.25) is 0 Å². The van der Waals surface area contributed by atoms with Gasteiger partial charge in [-0.2, -0.15) is 0 Å². The van der Waals surface area contributed by atoms with Crippen LogP contribution >= 0.6 is 0 Å². The van der Waals surface area contributed by atoms with Gasteiger partial charge in [-0.1, -0.05) is 24.2 Å². The van der Waals surface area contributed by atoms with Gasteiger partial charge in [0.15, 0.2) is 0 Å². The monoisotopic (exact) mass is 184 g/mol. The average molecular weight is 184 g/mol. The Morgan fingerprint density at radius 3 is 2.31 bits per heavy atom. The molecule has 0 heterocycles. The summed E-state index contributed by atoms with van der Waals surface area (Å²) in [5, 5.41) is 23.6. The van der Waals surface area contributed by atoms with Gasteiger partial charge in [-0.15, -0.1) is 0 Å². The van der Waals surface area contributed by atoms with E-state index in [0.29, 0.717) is 36.1 Å². The van der Waals surface area contributed by atoms with E-state index in [2.05, 4.69) is 24.2 Å². The normalized spacial score (nSPS) is 30.2. The van der Waals surface area contributed by atoms with Gasteiger partial charge in [0.1, 0.15) is 11.4 Å². The largest absolute Gasteiger partial charge is 0.411 e. The summed E-state index contributed by atoms with van der Waals surface area (Å²) in [5.74, 6) is 1.12. The van der Waals surface area contributed by atoms with Crippen LogP contribution in [0.15, 0.2) is 10.3 Å². The molecule has 1 aliphatic rings. The molecule has 0 aromatic rings. The second-order valence-corrected chi connectivity index (χ2v) is 3.84. The van der Waals surface area contributed by atoms with E-state index in [4.69, 9.17) is 10.4 Å². The molecule has 74 valence electrons. The molecule has 1 unspecified atom stereocenters. The zero-order valence-corrected chi connectivity index (χ0v) is 8.06. The van der Waals surface area contributed by atoms with Gasteiger partial charge in [0, 0.05) is 0 Å². The molecule has 0 saturated heterocycles. The fourth-order valence-electron chi connectivity index (χ4n) is 1.71. The van der Waals surface area contributed by atoms with Crippen molar-refractivity contribution in [3.63, 3.8) is 0 Å². The van der Waals surface area contributed by atoms with Crippen molar-refractivity contribution in [3.8, 4) is 0 Å². The summed E-state index contributed by atoms with van der Waals surface area (Å²) in [6.45, 7) is 4.31. The van der Waals surface area contributed by atoms with Crippen molar-refractivity contribution >= 4 is 11.4 Å². The fraction of sp³-hybridized carbons (Fsp3) is 0.778. The Bertz CT molecular complexity index is 234. The summed E-state index contributed by atoms with van der Waals surface area (Å²) in [6, 6.07) is 0. The van der Waals surface area contributed by atoms with Crippen LogP contribution < -0.4 is 0 Å². The Labute approximate surface area is 77.9 Å². The van der Waals surface area contributed by atoms with E-state index >= 15 is 0 Å². The maximum atomic E-state index is 8.69. The lowest BCUT2D eigenvalue weighted by molar-refractivity contribution is 0.301. The third-order valence-electron chi connectivity index (χ3n) is 2.72. The molecule has 1 fully saturated rings. The Hall–Kier alpha value is -1.06. The van der Waals surface area contributed by atoms with Crippen LogP contribution in [0.25, 0.3) is 0 Å². The maximum absolute atomic E-state index is 8.69. The molecule has 0 radical (unpaired) electrons. The molecule has 1 aliphatic carbocycles. The summed E-state index contributed by atoms with van der Waals surface area (Å²) in [5.41, 5.74) is 1.06. The van der Waals surface area contributed by atoms with Gasteiger partial charge in [0.2, 0.25) is 0 Å². The van der Waals surface area contributed by atoms with E-state index in [1.165, 1.54) is 0 Å². The van der Waals surface area contributed by atoms with Gasteiger partial charge in [0.05, 0.1) is 0 Å². The minimum Gasteiger partial charge on any atom is -0.411 e. The molecule has 2 N–H and O–H groups in total. The topological polar surface area (TPSA) is 65.2 Å². The minimum absolute atomic E-state index is 0.527. The molecule has 4 heteroatoms. The highest BCUT2D eigenvalue weighted by Gasteiger charge is 2.26. The number of oxime groups is 2. The van der Waals surface area contributed by atoms with E-state index in [1.807, 2.05) is 0 Å². The zero-order valence-electron chi connectivity index (χ0n) is 8.06. The first kappa shape index (κ1) is 10.0. The summed E-state index contributed by atoms with van der Waals surface area (Å²) < 4.78 is 0. The maximum Gasteiger partial charge on any atom is 0.105 e. The van der Waals surface area contributed by atoms with E-state index in [9.17, 15) is 0 Å². The number of rotatable bonds is 1. The van der Waals surface area contributed by atoms with Gasteiger partial charge in [-0.25, -0.2) is 0 Å². The SMILES string of the molecule is CC(C)C1CCC(=NO)C(=NO)C1. The third-order valence-corrected chi connectivity index (χ3v) is 2.72. The highest BCUT2D eigenvalue weighted by molar-refractivity contribution is 6.42. The highest BCUT2D eigenvalue weighted by Crippen LogP contribution is 2.27. The molecular weight excluding hydrogens is 168 g/mol. The summed E-state index contributed by atoms with van der Waals surface area (Å²) in [7, 11) is 0. The van der Waals surface area contributed by atoms with Crippen LogP contribution in [-0.4, -0.2) is 21.8 Å². The lowest BCUT2D eigenvalue weighted by Crippen LogP contribution is -2.27. The number of nitrogens with zero attached hydrogens (tertiary/aromatic N) is 2. The summed E-state index contributed by atoms with van der Waals surface area (Å²) in [4.78, 5) is 0. The molecule has 0 aliphatic heterocycles. The van der Waals surface area contributed by atoms with Crippen molar-refractivity contribution in [2.24, 2.45) is 22.1 Å². The molecule has 0 amide bonds. The lowest BCUT2D eigenvalue weighted by atomic mass is 9.80. The van der Waals surface area contributed by atoms with Crippen LogP contribution in [0.1, 0.15) is 33.1 Å². The van der Waals surface area contributed by atoms with Gasteiger partial charge >= 0.3 is 0 Å².